The zero-order valence-electron chi connectivity index (χ0n) is 10.2. The van der Waals surface area contributed by atoms with Crippen LogP contribution in [0.5, 0.6) is 0 Å². The summed E-state index contributed by atoms with van der Waals surface area (Å²) in [5.74, 6) is -0.368. The van der Waals surface area contributed by atoms with Crippen LogP contribution in [0.3, 0.4) is 0 Å². The minimum atomic E-state index is -1.02. The number of hydrogen-bond acceptors (Lipinski definition) is 4. The molecule has 0 amide bonds. The number of rotatable bonds is 4. The van der Waals surface area contributed by atoms with E-state index < -0.39 is 5.97 Å². The molecule has 1 aliphatic heterocycles. The average molecular weight is 238 g/mol. The molecule has 0 spiro atoms. The van der Waals surface area contributed by atoms with Crippen molar-refractivity contribution in [3.8, 4) is 0 Å². The SMILES string of the molecule is CC(C)CN1CC[C@@H](n2cc(C(=O)O)nn2)C1. The first-order chi connectivity index (χ1) is 8.06. The third kappa shape index (κ3) is 2.82. The highest BCUT2D eigenvalue weighted by molar-refractivity contribution is 5.84. The third-order valence-corrected chi connectivity index (χ3v) is 2.97. The topological polar surface area (TPSA) is 71.2 Å². The predicted molar refractivity (Wildman–Crippen MR) is 61.9 cm³/mol. The van der Waals surface area contributed by atoms with E-state index in [0.717, 1.165) is 26.1 Å². The Labute approximate surface area is 100 Å². The summed E-state index contributed by atoms with van der Waals surface area (Å²) in [4.78, 5) is 13.1. The van der Waals surface area contributed by atoms with Gasteiger partial charge in [-0.05, 0) is 12.3 Å². The second-order valence-corrected chi connectivity index (χ2v) is 4.98. The van der Waals surface area contributed by atoms with Gasteiger partial charge in [-0.2, -0.15) is 0 Å². The van der Waals surface area contributed by atoms with Crippen LogP contribution in [0.2, 0.25) is 0 Å². The summed E-state index contributed by atoms with van der Waals surface area (Å²) in [7, 11) is 0. The van der Waals surface area contributed by atoms with Crippen molar-refractivity contribution in [2.45, 2.75) is 26.3 Å². The normalized spacial score (nSPS) is 21.2. The van der Waals surface area contributed by atoms with E-state index >= 15 is 0 Å². The van der Waals surface area contributed by atoms with Gasteiger partial charge in [-0.1, -0.05) is 19.1 Å². The number of carboxylic acids is 1. The van der Waals surface area contributed by atoms with E-state index in [1.54, 1.807) is 4.68 Å². The molecule has 6 nitrogen and oxygen atoms in total. The van der Waals surface area contributed by atoms with Crippen LogP contribution in [-0.4, -0.2) is 50.6 Å². The van der Waals surface area contributed by atoms with Crippen LogP contribution in [0, 0.1) is 5.92 Å². The minimum Gasteiger partial charge on any atom is -0.476 e. The molecule has 6 heteroatoms. The molecule has 1 aliphatic rings. The van der Waals surface area contributed by atoms with Crippen LogP contribution in [-0.2, 0) is 0 Å². The molecule has 0 saturated carbocycles. The van der Waals surface area contributed by atoms with Gasteiger partial charge in [0.2, 0.25) is 0 Å². The standard InChI is InChI=1S/C11H18N4O2/c1-8(2)5-14-4-3-9(6-14)15-7-10(11(16)17)12-13-15/h7-9H,3-6H2,1-2H3,(H,16,17)/t9-/m1/s1. The van der Waals surface area contributed by atoms with Gasteiger partial charge in [0.25, 0.3) is 0 Å². The van der Waals surface area contributed by atoms with E-state index in [9.17, 15) is 4.79 Å². The number of aromatic nitrogens is 3. The lowest BCUT2D eigenvalue weighted by Gasteiger charge is -2.17. The third-order valence-electron chi connectivity index (χ3n) is 2.97. The first-order valence-electron chi connectivity index (χ1n) is 5.93. The highest BCUT2D eigenvalue weighted by Crippen LogP contribution is 2.21. The van der Waals surface area contributed by atoms with Gasteiger partial charge in [0, 0.05) is 19.6 Å². The lowest BCUT2D eigenvalue weighted by Crippen LogP contribution is -2.26. The molecule has 2 heterocycles. The van der Waals surface area contributed by atoms with E-state index in [1.807, 2.05) is 0 Å². The summed E-state index contributed by atoms with van der Waals surface area (Å²) in [5.41, 5.74) is 0.0207. The summed E-state index contributed by atoms with van der Waals surface area (Å²) in [6, 6.07) is 0.259. The van der Waals surface area contributed by atoms with E-state index in [0.29, 0.717) is 5.92 Å². The molecular formula is C11H18N4O2. The van der Waals surface area contributed by atoms with Crippen LogP contribution in [0.1, 0.15) is 36.8 Å². The monoisotopic (exact) mass is 238 g/mol. The second kappa shape index (κ2) is 4.83. The molecule has 0 bridgehead atoms. The quantitative estimate of drug-likeness (QED) is 0.843. The molecule has 0 unspecified atom stereocenters. The minimum absolute atomic E-state index is 0.0207. The summed E-state index contributed by atoms with van der Waals surface area (Å²) >= 11 is 0. The summed E-state index contributed by atoms with van der Waals surface area (Å²) in [6.07, 6.45) is 2.53. The number of carbonyl (C=O) groups is 1. The lowest BCUT2D eigenvalue weighted by atomic mass is 10.2. The molecule has 17 heavy (non-hydrogen) atoms. The number of aromatic carboxylic acids is 1. The van der Waals surface area contributed by atoms with Crippen molar-refractivity contribution < 1.29 is 9.90 Å². The molecule has 1 N–H and O–H groups in total. The summed E-state index contributed by atoms with van der Waals surface area (Å²) in [6.45, 7) is 7.46. The Balaban J connectivity index is 1.97. The van der Waals surface area contributed by atoms with Gasteiger partial charge in [0.1, 0.15) is 0 Å². The Morgan fingerprint density at radius 3 is 3.00 bits per heavy atom. The maximum Gasteiger partial charge on any atom is 0.358 e. The molecule has 1 aromatic heterocycles. The predicted octanol–water partition coefficient (Wildman–Crippen LogP) is 0.879. The van der Waals surface area contributed by atoms with Crippen molar-refractivity contribution in [1.29, 1.82) is 0 Å². The highest BCUT2D eigenvalue weighted by Gasteiger charge is 2.25. The molecule has 0 aromatic carbocycles. The fourth-order valence-corrected chi connectivity index (χ4v) is 2.26. The van der Waals surface area contributed by atoms with Crippen molar-refractivity contribution in [2.75, 3.05) is 19.6 Å². The Hall–Kier alpha value is -1.43. The number of carboxylic acid groups (broad SMARTS) is 1. The van der Waals surface area contributed by atoms with Gasteiger partial charge < -0.3 is 10.0 Å². The lowest BCUT2D eigenvalue weighted by molar-refractivity contribution is 0.0690. The van der Waals surface area contributed by atoms with Gasteiger partial charge in [-0.25, -0.2) is 9.48 Å². The molecule has 1 aromatic rings. The van der Waals surface area contributed by atoms with Gasteiger partial charge in [-0.3, -0.25) is 0 Å². The van der Waals surface area contributed by atoms with E-state index in [4.69, 9.17) is 5.11 Å². The average Bonchev–Trinajstić information content (AvgIpc) is 2.83. The van der Waals surface area contributed by atoms with E-state index in [-0.39, 0.29) is 11.7 Å². The molecule has 2 rings (SSSR count). The molecule has 0 radical (unpaired) electrons. The van der Waals surface area contributed by atoms with Crippen molar-refractivity contribution in [2.24, 2.45) is 5.92 Å². The van der Waals surface area contributed by atoms with E-state index in [1.165, 1.54) is 6.20 Å². The summed E-state index contributed by atoms with van der Waals surface area (Å²) in [5, 5.41) is 16.3. The fourth-order valence-electron chi connectivity index (χ4n) is 2.26. The van der Waals surface area contributed by atoms with Crippen LogP contribution in [0.4, 0.5) is 0 Å². The molecular weight excluding hydrogens is 220 g/mol. The Kier molecular flexibility index (Phi) is 3.42. The van der Waals surface area contributed by atoms with Crippen molar-refractivity contribution >= 4 is 5.97 Å². The maximum atomic E-state index is 10.7. The highest BCUT2D eigenvalue weighted by atomic mass is 16.4. The Morgan fingerprint density at radius 1 is 1.65 bits per heavy atom. The van der Waals surface area contributed by atoms with Crippen molar-refractivity contribution in [1.82, 2.24) is 19.9 Å². The zero-order valence-corrected chi connectivity index (χ0v) is 10.2. The van der Waals surface area contributed by atoms with Gasteiger partial charge in [0.15, 0.2) is 5.69 Å². The maximum absolute atomic E-state index is 10.7. The van der Waals surface area contributed by atoms with Crippen LogP contribution < -0.4 is 0 Å². The number of nitrogens with zero attached hydrogens (tertiary/aromatic N) is 4. The smallest absolute Gasteiger partial charge is 0.358 e. The Morgan fingerprint density at radius 2 is 2.41 bits per heavy atom. The first-order valence-corrected chi connectivity index (χ1v) is 5.93. The molecule has 94 valence electrons. The fraction of sp³-hybridized carbons (Fsp3) is 0.727. The summed E-state index contributed by atoms with van der Waals surface area (Å²) < 4.78 is 1.68. The second-order valence-electron chi connectivity index (χ2n) is 4.98. The van der Waals surface area contributed by atoms with E-state index in [2.05, 4.69) is 29.1 Å². The first kappa shape index (κ1) is 12.0. The molecule has 1 atom stereocenters. The Bertz CT molecular complexity index is 402. The largest absolute Gasteiger partial charge is 0.476 e. The number of likely N-dealkylation sites (tertiary alicyclic amines) is 1. The van der Waals surface area contributed by atoms with Gasteiger partial charge >= 0.3 is 5.97 Å². The molecule has 1 fully saturated rings. The van der Waals surface area contributed by atoms with Crippen LogP contribution >= 0.6 is 0 Å². The van der Waals surface area contributed by atoms with Gasteiger partial charge in [-0.15, -0.1) is 5.10 Å². The number of hydrogen-bond donors (Lipinski definition) is 1. The van der Waals surface area contributed by atoms with Gasteiger partial charge in [0.05, 0.1) is 12.2 Å². The molecule has 0 aliphatic carbocycles. The van der Waals surface area contributed by atoms with Crippen molar-refractivity contribution in [3.63, 3.8) is 0 Å². The molecule has 1 saturated heterocycles. The van der Waals surface area contributed by atoms with Crippen LogP contribution in [0.15, 0.2) is 6.20 Å². The zero-order chi connectivity index (χ0) is 12.4. The van der Waals surface area contributed by atoms with Crippen LogP contribution in [0.25, 0.3) is 0 Å². The van der Waals surface area contributed by atoms with Crippen molar-refractivity contribution in [3.05, 3.63) is 11.9 Å².